The molecule has 3 aliphatic rings. The number of nitrogens with zero attached hydrogens (tertiary/aromatic N) is 2. The third kappa shape index (κ3) is 3.85. The van der Waals surface area contributed by atoms with Crippen molar-refractivity contribution >= 4 is 28.3 Å². The van der Waals surface area contributed by atoms with Crippen LogP contribution in [0.2, 0.25) is 0 Å². The Balaban J connectivity index is 1.13. The summed E-state index contributed by atoms with van der Waals surface area (Å²) in [5.41, 5.74) is 7.41. The smallest absolute Gasteiger partial charge is 0.241 e. The first-order valence-corrected chi connectivity index (χ1v) is 10.9. The second-order valence-electron chi connectivity index (χ2n) is 7.67. The molecule has 5 rings (SSSR count). The zero-order chi connectivity index (χ0) is 20.5. The molecule has 2 saturated heterocycles. The lowest BCUT2D eigenvalue weighted by Crippen LogP contribution is -2.49. The van der Waals surface area contributed by atoms with Crippen LogP contribution in [0, 0.1) is 5.92 Å². The van der Waals surface area contributed by atoms with E-state index in [4.69, 9.17) is 9.47 Å². The number of nitrogens with one attached hydrogen (secondary N) is 3. The van der Waals surface area contributed by atoms with E-state index in [-0.39, 0.29) is 36.6 Å². The van der Waals surface area contributed by atoms with Crippen molar-refractivity contribution in [1.82, 2.24) is 20.7 Å². The highest BCUT2D eigenvalue weighted by molar-refractivity contribution is 7.13. The summed E-state index contributed by atoms with van der Waals surface area (Å²) in [7, 11) is 0. The summed E-state index contributed by atoms with van der Waals surface area (Å²) in [5, 5.41) is 5.31. The first kappa shape index (κ1) is 19.3. The van der Waals surface area contributed by atoms with Crippen molar-refractivity contribution in [3.05, 3.63) is 35.3 Å². The molecular formula is C20H23N5O4S. The lowest BCUT2D eigenvalue weighted by Gasteiger charge is -2.32. The number of carbonyl (C=O) groups excluding carboxylic acids is 2. The first-order chi connectivity index (χ1) is 14.7. The van der Waals surface area contributed by atoms with E-state index in [2.05, 4.69) is 21.2 Å². The van der Waals surface area contributed by atoms with Crippen molar-refractivity contribution in [2.45, 2.75) is 31.3 Å². The number of rotatable bonds is 4. The Kier molecular flexibility index (Phi) is 5.28. The lowest BCUT2D eigenvalue weighted by molar-refractivity contribution is -0.136. The van der Waals surface area contributed by atoms with E-state index in [0.29, 0.717) is 37.5 Å². The monoisotopic (exact) mass is 429 g/mol. The van der Waals surface area contributed by atoms with Gasteiger partial charge in [-0.05, 0) is 37.0 Å². The Hall–Kier alpha value is -2.69. The van der Waals surface area contributed by atoms with Gasteiger partial charge >= 0.3 is 0 Å². The minimum Gasteiger partial charge on any atom is -0.454 e. The maximum absolute atomic E-state index is 13.0. The Bertz CT molecular complexity index is 929. The molecule has 0 radical (unpaired) electrons. The van der Waals surface area contributed by atoms with Crippen LogP contribution in [0.4, 0.5) is 5.13 Å². The molecule has 30 heavy (non-hydrogen) atoms. The number of hydrogen-bond donors (Lipinski definition) is 3. The molecule has 2 aromatic rings. The van der Waals surface area contributed by atoms with Crippen molar-refractivity contribution in [2.24, 2.45) is 5.92 Å². The molecule has 2 atom stereocenters. The first-order valence-electron chi connectivity index (χ1n) is 10.1. The number of piperidine rings is 1. The van der Waals surface area contributed by atoms with Gasteiger partial charge in [-0.2, -0.15) is 0 Å². The van der Waals surface area contributed by atoms with E-state index in [1.807, 2.05) is 28.5 Å². The van der Waals surface area contributed by atoms with E-state index in [1.54, 1.807) is 6.20 Å². The average Bonchev–Trinajstić information content (AvgIpc) is 3.54. The Morgan fingerprint density at radius 3 is 2.80 bits per heavy atom. The van der Waals surface area contributed by atoms with Crippen LogP contribution in [-0.4, -0.2) is 47.6 Å². The molecular weight excluding hydrogens is 406 g/mol. The second kappa shape index (κ2) is 8.21. The normalized spacial score (nSPS) is 23.5. The maximum atomic E-state index is 13.0. The molecule has 10 heteroatoms. The largest absolute Gasteiger partial charge is 0.454 e. The van der Waals surface area contributed by atoms with E-state index in [1.165, 1.54) is 11.3 Å². The molecule has 9 nitrogen and oxygen atoms in total. The van der Waals surface area contributed by atoms with Crippen LogP contribution < -0.4 is 25.6 Å². The number of amides is 2. The molecule has 1 aromatic heterocycles. The van der Waals surface area contributed by atoms with Crippen LogP contribution in [0.25, 0.3) is 0 Å². The van der Waals surface area contributed by atoms with Gasteiger partial charge in [0, 0.05) is 36.6 Å². The topological polar surface area (TPSA) is 105 Å². The SMILES string of the molecule is O=C(Nc1nccs1)C1CCN(C(=O)C2CC(c3ccc4c(c3)OCO4)NN2)CC1. The number of hydrazine groups is 1. The molecule has 4 heterocycles. The summed E-state index contributed by atoms with van der Waals surface area (Å²) in [5.74, 6) is 1.46. The molecule has 0 spiro atoms. The Morgan fingerprint density at radius 2 is 2.00 bits per heavy atom. The van der Waals surface area contributed by atoms with Crippen molar-refractivity contribution < 1.29 is 19.1 Å². The highest BCUT2D eigenvalue weighted by Crippen LogP contribution is 2.36. The molecule has 3 N–H and O–H groups in total. The average molecular weight is 430 g/mol. The van der Waals surface area contributed by atoms with Gasteiger partial charge in [-0.15, -0.1) is 11.3 Å². The highest BCUT2D eigenvalue weighted by Gasteiger charge is 2.36. The van der Waals surface area contributed by atoms with Crippen molar-refractivity contribution in [3.8, 4) is 11.5 Å². The molecule has 0 aliphatic carbocycles. The van der Waals surface area contributed by atoms with E-state index in [9.17, 15) is 9.59 Å². The molecule has 2 amide bonds. The third-order valence-electron chi connectivity index (χ3n) is 5.84. The number of carbonyl (C=O) groups is 2. The van der Waals surface area contributed by atoms with Gasteiger partial charge in [0.1, 0.15) is 6.04 Å². The summed E-state index contributed by atoms with van der Waals surface area (Å²) in [6.07, 6.45) is 3.65. The molecule has 158 valence electrons. The van der Waals surface area contributed by atoms with Gasteiger partial charge < -0.3 is 19.7 Å². The summed E-state index contributed by atoms with van der Waals surface area (Å²) in [6.45, 7) is 1.41. The predicted molar refractivity (Wildman–Crippen MR) is 110 cm³/mol. The molecule has 2 fully saturated rings. The number of likely N-dealkylation sites (tertiary alicyclic amines) is 1. The molecule has 0 bridgehead atoms. The Morgan fingerprint density at radius 1 is 1.17 bits per heavy atom. The van der Waals surface area contributed by atoms with E-state index >= 15 is 0 Å². The van der Waals surface area contributed by atoms with Gasteiger partial charge in [-0.25, -0.2) is 15.8 Å². The van der Waals surface area contributed by atoms with Crippen LogP contribution in [0.1, 0.15) is 30.9 Å². The quantitative estimate of drug-likeness (QED) is 0.679. The van der Waals surface area contributed by atoms with Crippen LogP contribution in [0.5, 0.6) is 11.5 Å². The molecule has 0 saturated carbocycles. The van der Waals surface area contributed by atoms with Crippen LogP contribution in [-0.2, 0) is 9.59 Å². The number of ether oxygens (including phenoxy) is 2. The van der Waals surface area contributed by atoms with Crippen LogP contribution in [0.15, 0.2) is 29.8 Å². The zero-order valence-electron chi connectivity index (χ0n) is 16.3. The number of thiazole rings is 1. The van der Waals surface area contributed by atoms with Gasteiger partial charge in [0.05, 0.1) is 0 Å². The molecule has 3 aliphatic heterocycles. The summed E-state index contributed by atoms with van der Waals surface area (Å²) >= 11 is 1.40. The standard InChI is InChI=1S/C20H23N5O4S/c26-18(22-20-21-5-8-30-20)12-3-6-25(7-4-12)19(27)15-10-14(23-24-15)13-1-2-16-17(9-13)29-11-28-16/h1-2,5,8-9,12,14-15,23-24H,3-4,6-7,10-11H2,(H,21,22,26). The van der Waals surface area contributed by atoms with Crippen molar-refractivity contribution in [3.63, 3.8) is 0 Å². The van der Waals surface area contributed by atoms with Gasteiger partial charge in [-0.1, -0.05) is 6.07 Å². The predicted octanol–water partition coefficient (Wildman–Crippen LogP) is 1.66. The molecule has 2 unspecified atom stereocenters. The summed E-state index contributed by atoms with van der Waals surface area (Å²) < 4.78 is 10.8. The van der Waals surface area contributed by atoms with Gasteiger partial charge in [0.2, 0.25) is 18.6 Å². The molecule has 1 aromatic carbocycles. The lowest BCUT2D eigenvalue weighted by atomic mass is 9.95. The fourth-order valence-corrected chi connectivity index (χ4v) is 4.67. The zero-order valence-corrected chi connectivity index (χ0v) is 17.1. The summed E-state index contributed by atoms with van der Waals surface area (Å²) in [4.78, 5) is 31.3. The second-order valence-corrected chi connectivity index (χ2v) is 8.56. The van der Waals surface area contributed by atoms with Crippen molar-refractivity contribution in [1.29, 1.82) is 0 Å². The minimum atomic E-state index is -0.291. The number of hydrogen-bond acceptors (Lipinski definition) is 8. The van der Waals surface area contributed by atoms with Crippen molar-refractivity contribution in [2.75, 3.05) is 25.2 Å². The summed E-state index contributed by atoms with van der Waals surface area (Å²) in [6, 6.07) is 5.58. The van der Waals surface area contributed by atoms with Crippen LogP contribution in [0.3, 0.4) is 0 Å². The number of anilines is 1. The van der Waals surface area contributed by atoms with Gasteiger partial charge in [0.15, 0.2) is 16.6 Å². The third-order valence-corrected chi connectivity index (χ3v) is 6.53. The number of benzene rings is 1. The van der Waals surface area contributed by atoms with Crippen LogP contribution >= 0.6 is 11.3 Å². The van der Waals surface area contributed by atoms with Gasteiger partial charge in [-0.3, -0.25) is 9.59 Å². The minimum absolute atomic E-state index is 0.0134. The Labute approximate surface area is 177 Å². The number of aromatic nitrogens is 1. The van der Waals surface area contributed by atoms with Gasteiger partial charge in [0.25, 0.3) is 0 Å². The fraction of sp³-hybridized carbons (Fsp3) is 0.450. The van der Waals surface area contributed by atoms with E-state index < -0.39 is 0 Å². The van der Waals surface area contributed by atoms with E-state index in [0.717, 1.165) is 17.1 Å². The highest BCUT2D eigenvalue weighted by atomic mass is 32.1. The fourth-order valence-electron chi connectivity index (χ4n) is 4.14. The number of fused-ring (bicyclic) bond motifs is 1. The maximum Gasteiger partial charge on any atom is 0.241 e.